The Hall–Kier alpha value is -0.400. The van der Waals surface area contributed by atoms with Crippen LogP contribution in [0.1, 0.15) is 16.8 Å². The Morgan fingerprint density at radius 3 is 2.81 bits per heavy atom. The van der Waals surface area contributed by atoms with E-state index in [9.17, 15) is 4.79 Å². The van der Waals surface area contributed by atoms with Crippen LogP contribution in [0.2, 0.25) is 5.02 Å². The highest BCUT2D eigenvalue weighted by atomic mass is 127. The number of amides is 1. The van der Waals surface area contributed by atoms with Gasteiger partial charge in [0.25, 0.3) is 5.91 Å². The third-order valence-electron chi connectivity index (χ3n) is 1.84. The maximum absolute atomic E-state index is 11.6. The number of carbonyl (C=O) groups excluding carboxylic acids is 1. The van der Waals surface area contributed by atoms with Gasteiger partial charge in [-0.3, -0.25) is 4.79 Å². The van der Waals surface area contributed by atoms with E-state index in [1.807, 2.05) is 0 Å². The van der Waals surface area contributed by atoms with Crippen molar-refractivity contribution in [2.24, 2.45) is 5.73 Å². The fourth-order valence-corrected chi connectivity index (χ4v) is 1.66. The first kappa shape index (κ1) is 13.7. The smallest absolute Gasteiger partial charge is 0.251 e. The van der Waals surface area contributed by atoms with Crippen molar-refractivity contribution in [3.05, 3.63) is 32.4 Å². The van der Waals surface area contributed by atoms with Crippen molar-refractivity contribution >= 4 is 57.3 Å². The van der Waals surface area contributed by atoms with E-state index in [2.05, 4.69) is 27.9 Å². The Kier molecular flexibility index (Phi) is 5.43. The summed E-state index contributed by atoms with van der Waals surface area (Å²) in [5, 5.41) is 3.28. The zero-order valence-electron chi connectivity index (χ0n) is 8.30. The van der Waals surface area contributed by atoms with E-state index in [0.717, 1.165) is 3.57 Å². The third kappa shape index (κ3) is 4.23. The lowest BCUT2D eigenvalue weighted by molar-refractivity contribution is 0.0955. The molecule has 0 atom stereocenters. The summed E-state index contributed by atoms with van der Waals surface area (Å²) in [4.78, 5) is 12.0. The fourth-order valence-electron chi connectivity index (χ4n) is 1.04. The standard InChI is InChI=1S/C10H10ClIN2OS/c11-7-5-6(1-2-8(7)12)10(15)14-4-3-9(13)16/h1-2,5H,3-4H2,(H2,13,16)(H,14,15). The zero-order valence-corrected chi connectivity index (χ0v) is 12.0. The third-order valence-corrected chi connectivity index (χ3v) is 3.62. The molecule has 0 unspecified atom stereocenters. The van der Waals surface area contributed by atoms with Gasteiger partial charge >= 0.3 is 0 Å². The van der Waals surface area contributed by atoms with Crippen LogP contribution in [0.4, 0.5) is 0 Å². The van der Waals surface area contributed by atoms with Crippen molar-refractivity contribution in [3.8, 4) is 0 Å². The van der Waals surface area contributed by atoms with Crippen LogP contribution in [0.3, 0.4) is 0 Å². The van der Waals surface area contributed by atoms with Gasteiger partial charge in [-0.1, -0.05) is 23.8 Å². The SMILES string of the molecule is NC(=S)CCNC(=O)c1ccc(I)c(Cl)c1. The number of halogens is 2. The van der Waals surface area contributed by atoms with Gasteiger partial charge in [-0.25, -0.2) is 0 Å². The molecule has 0 radical (unpaired) electrons. The molecule has 0 bridgehead atoms. The Labute approximate surface area is 118 Å². The summed E-state index contributed by atoms with van der Waals surface area (Å²) in [6, 6.07) is 5.16. The highest BCUT2D eigenvalue weighted by molar-refractivity contribution is 14.1. The molecule has 0 aromatic heterocycles. The minimum Gasteiger partial charge on any atom is -0.393 e. The van der Waals surface area contributed by atoms with E-state index in [0.29, 0.717) is 28.5 Å². The van der Waals surface area contributed by atoms with Gasteiger partial charge in [0.05, 0.1) is 10.0 Å². The lowest BCUT2D eigenvalue weighted by atomic mass is 10.2. The molecule has 0 fully saturated rings. The van der Waals surface area contributed by atoms with Gasteiger partial charge in [-0.2, -0.15) is 0 Å². The van der Waals surface area contributed by atoms with Gasteiger partial charge in [0.15, 0.2) is 0 Å². The Balaban J connectivity index is 2.59. The summed E-state index contributed by atoms with van der Waals surface area (Å²) in [6.07, 6.45) is 0.499. The topological polar surface area (TPSA) is 55.1 Å². The van der Waals surface area contributed by atoms with Crippen molar-refractivity contribution in [2.75, 3.05) is 6.54 Å². The van der Waals surface area contributed by atoms with Gasteiger partial charge in [-0.15, -0.1) is 0 Å². The second kappa shape index (κ2) is 6.36. The summed E-state index contributed by atoms with van der Waals surface area (Å²) in [5.41, 5.74) is 5.85. The van der Waals surface area contributed by atoms with Crippen LogP contribution in [0.25, 0.3) is 0 Å². The Bertz CT molecular complexity index is 425. The second-order valence-electron chi connectivity index (χ2n) is 3.10. The first-order valence-corrected chi connectivity index (χ1v) is 6.38. The van der Waals surface area contributed by atoms with E-state index in [4.69, 9.17) is 29.6 Å². The van der Waals surface area contributed by atoms with Crippen molar-refractivity contribution in [3.63, 3.8) is 0 Å². The van der Waals surface area contributed by atoms with Crippen LogP contribution in [-0.2, 0) is 0 Å². The molecule has 1 rings (SSSR count). The number of rotatable bonds is 4. The molecule has 0 aliphatic carbocycles. The molecule has 0 aliphatic heterocycles. The normalized spacial score (nSPS) is 9.88. The molecule has 86 valence electrons. The Morgan fingerprint density at radius 1 is 1.56 bits per heavy atom. The monoisotopic (exact) mass is 368 g/mol. The maximum Gasteiger partial charge on any atom is 0.251 e. The Morgan fingerprint density at radius 2 is 2.25 bits per heavy atom. The van der Waals surface area contributed by atoms with Gasteiger partial charge < -0.3 is 11.1 Å². The van der Waals surface area contributed by atoms with E-state index in [-0.39, 0.29) is 5.91 Å². The van der Waals surface area contributed by atoms with Gasteiger partial charge in [0.1, 0.15) is 0 Å². The van der Waals surface area contributed by atoms with E-state index in [1.165, 1.54) is 0 Å². The predicted molar refractivity (Wildman–Crippen MR) is 77.9 cm³/mol. The molecule has 1 aromatic rings. The molecule has 3 nitrogen and oxygen atoms in total. The van der Waals surface area contributed by atoms with Crippen LogP contribution >= 0.6 is 46.4 Å². The molecule has 0 saturated heterocycles. The van der Waals surface area contributed by atoms with E-state index >= 15 is 0 Å². The number of benzene rings is 1. The molecular formula is C10H10ClIN2OS. The average molecular weight is 369 g/mol. The van der Waals surface area contributed by atoms with Gasteiger partial charge in [0, 0.05) is 22.1 Å². The van der Waals surface area contributed by atoms with Crippen molar-refractivity contribution < 1.29 is 4.79 Å². The maximum atomic E-state index is 11.6. The lowest BCUT2D eigenvalue weighted by Crippen LogP contribution is -2.27. The van der Waals surface area contributed by atoms with Crippen LogP contribution in [0.5, 0.6) is 0 Å². The number of hydrogen-bond acceptors (Lipinski definition) is 2. The summed E-state index contributed by atoms with van der Waals surface area (Å²) in [7, 11) is 0. The van der Waals surface area contributed by atoms with Gasteiger partial charge in [-0.05, 0) is 40.8 Å². The second-order valence-corrected chi connectivity index (χ2v) is 5.19. The molecule has 1 amide bonds. The minimum atomic E-state index is -0.172. The van der Waals surface area contributed by atoms with Crippen LogP contribution in [0.15, 0.2) is 18.2 Å². The van der Waals surface area contributed by atoms with Crippen molar-refractivity contribution in [2.45, 2.75) is 6.42 Å². The van der Waals surface area contributed by atoms with Crippen LogP contribution in [0, 0.1) is 3.57 Å². The fraction of sp³-hybridized carbons (Fsp3) is 0.200. The van der Waals surface area contributed by atoms with Crippen LogP contribution in [-0.4, -0.2) is 17.4 Å². The number of thiocarbonyl (C=S) groups is 1. The summed E-state index contributed by atoms with van der Waals surface area (Å²) in [6.45, 7) is 0.442. The first-order valence-electron chi connectivity index (χ1n) is 4.52. The zero-order chi connectivity index (χ0) is 12.1. The largest absolute Gasteiger partial charge is 0.393 e. The molecule has 0 aliphatic rings. The molecular weight excluding hydrogens is 359 g/mol. The van der Waals surface area contributed by atoms with E-state index < -0.39 is 0 Å². The van der Waals surface area contributed by atoms with Crippen molar-refractivity contribution in [1.29, 1.82) is 0 Å². The highest BCUT2D eigenvalue weighted by Gasteiger charge is 2.07. The molecule has 3 N–H and O–H groups in total. The van der Waals surface area contributed by atoms with E-state index in [1.54, 1.807) is 18.2 Å². The number of nitrogens with one attached hydrogen (secondary N) is 1. The molecule has 0 heterocycles. The highest BCUT2D eigenvalue weighted by Crippen LogP contribution is 2.19. The summed E-state index contributed by atoms with van der Waals surface area (Å²) in [5.74, 6) is -0.172. The lowest BCUT2D eigenvalue weighted by Gasteiger charge is -2.05. The first-order chi connectivity index (χ1) is 7.50. The quantitative estimate of drug-likeness (QED) is 0.634. The average Bonchev–Trinajstić information content (AvgIpc) is 2.21. The molecule has 0 saturated carbocycles. The minimum absolute atomic E-state index is 0.172. The number of carbonyl (C=O) groups is 1. The molecule has 16 heavy (non-hydrogen) atoms. The summed E-state index contributed by atoms with van der Waals surface area (Å²) < 4.78 is 0.916. The summed E-state index contributed by atoms with van der Waals surface area (Å²) >= 11 is 12.7. The number of hydrogen-bond donors (Lipinski definition) is 2. The predicted octanol–water partition coefficient (Wildman–Crippen LogP) is 2.35. The molecule has 0 spiro atoms. The molecule has 1 aromatic carbocycles. The van der Waals surface area contributed by atoms with Crippen molar-refractivity contribution in [1.82, 2.24) is 5.32 Å². The number of nitrogens with two attached hydrogens (primary N) is 1. The van der Waals surface area contributed by atoms with Crippen LogP contribution < -0.4 is 11.1 Å². The molecule has 6 heteroatoms. The van der Waals surface area contributed by atoms with Gasteiger partial charge in [0.2, 0.25) is 0 Å².